The standard InChI is InChI=1S/C35H37F6N7O6S3/c1-32(10-11-32)57(52,53)46-30(50)33-15-19(33)7-5-3-4-6-12-47(2)29(49)24-9-8-20(16-48(24)31(51)45-33)54-21-13-22(27-43-25(17-55-27)34(36,37)38)42-23(14-21)28-44-26(18-56-28)35(39,40)41/h5,7,13-14,17-20,24H,3-4,6,8-12,15-16H2,1-2H3,(H,45,51)(H,46,50)/b7-5+/t19-,20-,24-,33-/m0/s1. The van der Waals surface area contributed by atoms with Crippen LogP contribution in [0.5, 0.6) is 5.75 Å². The molecule has 0 bridgehead atoms. The van der Waals surface area contributed by atoms with Crippen LogP contribution >= 0.6 is 22.7 Å². The van der Waals surface area contributed by atoms with E-state index in [9.17, 15) is 49.1 Å². The molecule has 57 heavy (non-hydrogen) atoms. The van der Waals surface area contributed by atoms with Crippen molar-refractivity contribution in [2.75, 3.05) is 20.1 Å². The fraction of sp³-hybridized carbons (Fsp3) is 0.543. The number of amides is 4. The third kappa shape index (κ3) is 8.48. The summed E-state index contributed by atoms with van der Waals surface area (Å²) in [5, 5.41) is 3.92. The molecule has 5 heterocycles. The van der Waals surface area contributed by atoms with E-state index in [-0.39, 0.29) is 58.9 Å². The second-order valence-electron chi connectivity index (χ2n) is 14.9. The quantitative estimate of drug-likeness (QED) is 0.207. The Kier molecular flexibility index (Phi) is 10.6. The molecule has 2 aliphatic heterocycles. The third-order valence-corrected chi connectivity index (χ3v) is 14.5. The molecule has 13 nitrogen and oxygen atoms in total. The molecular weight excluding hydrogens is 825 g/mol. The van der Waals surface area contributed by atoms with E-state index in [4.69, 9.17) is 4.74 Å². The summed E-state index contributed by atoms with van der Waals surface area (Å²) in [6.45, 7) is 1.70. The maximum Gasteiger partial charge on any atom is 0.434 e. The van der Waals surface area contributed by atoms with Gasteiger partial charge in [-0.1, -0.05) is 12.2 Å². The highest BCUT2D eigenvalue weighted by molar-refractivity contribution is 7.91. The number of fused-ring (bicyclic) bond motifs is 2. The van der Waals surface area contributed by atoms with E-state index >= 15 is 0 Å². The van der Waals surface area contributed by atoms with Crippen LogP contribution in [0.15, 0.2) is 35.0 Å². The van der Waals surface area contributed by atoms with Crippen molar-refractivity contribution in [3.8, 4) is 27.2 Å². The molecule has 0 spiro atoms. The normalized spacial score (nSPS) is 26.1. The van der Waals surface area contributed by atoms with Crippen molar-refractivity contribution >= 4 is 50.5 Å². The number of sulfonamides is 1. The number of thiazole rings is 2. The van der Waals surface area contributed by atoms with Gasteiger partial charge in [0.25, 0.3) is 5.91 Å². The number of nitrogens with one attached hydrogen (secondary N) is 2. The molecule has 3 aromatic heterocycles. The van der Waals surface area contributed by atoms with Crippen molar-refractivity contribution in [1.29, 1.82) is 0 Å². The van der Waals surface area contributed by atoms with E-state index in [0.29, 0.717) is 54.9 Å². The largest absolute Gasteiger partial charge is 0.488 e. The fourth-order valence-corrected chi connectivity index (χ4v) is 9.69. The van der Waals surface area contributed by atoms with Gasteiger partial charge in [-0.15, -0.1) is 22.7 Å². The Labute approximate surface area is 331 Å². The number of halogens is 6. The minimum Gasteiger partial charge on any atom is -0.488 e. The minimum absolute atomic E-state index is 0.0288. The van der Waals surface area contributed by atoms with Gasteiger partial charge in [-0.25, -0.2) is 28.2 Å². The lowest BCUT2D eigenvalue weighted by molar-refractivity contribution is -0.141. The van der Waals surface area contributed by atoms with Gasteiger partial charge in [0.15, 0.2) is 11.4 Å². The number of urea groups is 1. The van der Waals surface area contributed by atoms with Crippen LogP contribution in [-0.4, -0.2) is 93.6 Å². The number of carbonyl (C=O) groups is 3. The summed E-state index contributed by atoms with van der Waals surface area (Å²) in [6, 6.07) is 0.719. The average Bonchev–Trinajstić information content (AvgIpc) is 3.85. The Hall–Kier alpha value is -4.31. The highest BCUT2D eigenvalue weighted by Gasteiger charge is 2.63. The van der Waals surface area contributed by atoms with Crippen molar-refractivity contribution in [2.24, 2.45) is 5.92 Å². The molecular formula is C35H37F6N7O6S3. The fourth-order valence-electron chi connectivity index (χ4n) is 6.80. The third-order valence-electron chi connectivity index (χ3n) is 10.7. The van der Waals surface area contributed by atoms with Gasteiger partial charge in [0.1, 0.15) is 44.8 Å². The molecule has 3 fully saturated rings. The SMILES string of the molecule is CN1CCCC/C=C/[C@H]2C[C@]2(C(=O)NS(=O)(=O)C2(C)CC2)NC(=O)N2C[C@@H](Oc3cc(-c4nc(C(F)(F)F)cs4)nc(-c4nc(C(F)(F)F)cs4)c3)CC[C@H]2C1=O. The number of nitrogens with zero attached hydrogens (tertiary/aromatic N) is 5. The molecule has 22 heteroatoms. The van der Waals surface area contributed by atoms with E-state index < -0.39 is 74.1 Å². The summed E-state index contributed by atoms with van der Waals surface area (Å²) in [5.74, 6) is -1.81. The molecule has 4 aliphatic rings. The summed E-state index contributed by atoms with van der Waals surface area (Å²) in [7, 11) is -2.45. The Morgan fingerprint density at radius 1 is 0.965 bits per heavy atom. The predicted molar refractivity (Wildman–Crippen MR) is 195 cm³/mol. The first-order valence-electron chi connectivity index (χ1n) is 18.0. The Morgan fingerprint density at radius 2 is 1.58 bits per heavy atom. The van der Waals surface area contributed by atoms with E-state index in [0.717, 1.165) is 17.2 Å². The van der Waals surface area contributed by atoms with Crippen molar-refractivity contribution in [3.63, 3.8) is 0 Å². The van der Waals surface area contributed by atoms with Gasteiger partial charge >= 0.3 is 18.4 Å². The van der Waals surface area contributed by atoms with Crippen molar-refractivity contribution in [1.82, 2.24) is 34.8 Å². The first-order valence-corrected chi connectivity index (χ1v) is 21.3. The molecule has 2 aliphatic carbocycles. The highest BCUT2D eigenvalue weighted by Crippen LogP contribution is 2.48. The molecule has 0 unspecified atom stereocenters. The zero-order valence-corrected chi connectivity index (χ0v) is 32.9. The number of hydrogen-bond donors (Lipinski definition) is 2. The lowest BCUT2D eigenvalue weighted by Gasteiger charge is -2.40. The minimum atomic E-state index is -4.77. The second-order valence-corrected chi connectivity index (χ2v) is 18.8. The summed E-state index contributed by atoms with van der Waals surface area (Å²) in [5.41, 5.74) is -4.27. The van der Waals surface area contributed by atoms with Crippen LogP contribution in [0, 0.1) is 5.92 Å². The summed E-state index contributed by atoms with van der Waals surface area (Å²) < 4.78 is 114. The summed E-state index contributed by atoms with van der Waals surface area (Å²) in [4.78, 5) is 56.1. The Morgan fingerprint density at radius 3 is 2.14 bits per heavy atom. The molecule has 308 valence electrons. The van der Waals surface area contributed by atoms with Gasteiger partial charge in [0, 0.05) is 42.4 Å². The number of allylic oxidation sites excluding steroid dienone is 1. The van der Waals surface area contributed by atoms with Crippen molar-refractivity contribution in [3.05, 3.63) is 46.4 Å². The maximum absolute atomic E-state index is 14.3. The lowest BCUT2D eigenvalue weighted by Crippen LogP contribution is -2.62. The predicted octanol–water partition coefficient (Wildman–Crippen LogP) is 6.24. The lowest BCUT2D eigenvalue weighted by atomic mass is 9.98. The number of piperidine rings is 1. The molecule has 4 atom stereocenters. The van der Waals surface area contributed by atoms with Gasteiger partial charge in [-0.2, -0.15) is 26.3 Å². The maximum atomic E-state index is 14.3. The molecule has 2 saturated carbocycles. The number of likely N-dealkylation sites (N-methyl/N-ethyl adjacent to an activating group) is 1. The molecule has 2 N–H and O–H groups in total. The monoisotopic (exact) mass is 861 g/mol. The van der Waals surface area contributed by atoms with Crippen molar-refractivity contribution in [2.45, 2.75) is 93.1 Å². The average molecular weight is 862 g/mol. The van der Waals surface area contributed by atoms with E-state index in [1.54, 1.807) is 13.1 Å². The van der Waals surface area contributed by atoms with Crippen LogP contribution in [0.4, 0.5) is 31.1 Å². The number of hydrogen-bond acceptors (Lipinski definition) is 11. The van der Waals surface area contributed by atoms with Gasteiger partial charge in [0.05, 0.1) is 11.3 Å². The van der Waals surface area contributed by atoms with Gasteiger partial charge in [-0.05, 0) is 58.3 Å². The van der Waals surface area contributed by atoms with E-state index in [1.165, 1.54) is 28.9 Å². The van der Waals surface area contributed by atoms with E-state index in [2.05, 4.69) is 25.0 Å². The topological polar surface area (TPSA) is 164 Å². The number of aromatic nitrogens is 3. The number of alkyl halides is 6. The number of ether oxygens (including phenoxy) is 1. The van der Waals surface area contributed by atoms with E-state index in [1.807, 2.05) is 6.08 Å². The van der Waals surface area contributed by atoms with Crippen LogP contribution in [0.25, 0.3) is 21.4 Å². The zero-order valence-electron chi connectivity index (χ0n) is 30.4. The van der Waals surface area contributed by atoms with Gasteiger partial charge < -0.3 is 19.9 Å². The number of pyridine rings is 1. The summed E-state index contributed by atoms with van der Waals surface area (Å²) in [6.07, 6.45) is -3.58. The smallest absolute Gasteiger partial charge is 0.434 e. The van der Waals surface area contributed by atoms with Gasteiger partial charge in [-0.3, -0.25) is 14.3 Å². The number of carbonyl (C=O) groups excluding carboxylic acids is 3. The molecule has 0 aromatic carbocycles. The van der Waals surface area contributed by atoms with Crippen molar-refractivity contribution < 1.29 is 53.9 Å². The highest BCUT2D eigenvalue weighted by atomic mass is 32.2. The zero-order chi connectivity index (χ0) is 41.1. The second kappa shape index (κ2) is 14.8. The molecule has 1 saturated heterocycles. The van der Waals surface area contributed by atoms with Crippen LogP contribution in [0.1, 0.15) is 69.7 Å². The molecule has 0 radical (unpaired) electrons. The van der Waals surface area contributed by atoms with Crippen LogP contribution in [-0.2, 0) is 32.0 Å². The molecule has 7 rings (SSSR count). The molecule has 4 amide bonds. The van der Waals surface area contributed by atoms with Crippen LogP contribution in [0.3, 0.4) is 0 Å². The van der Waals surface area contributed by atoms with Crippen LogP contribution < -0.4 is 14.8 Å². The number of rotatable bonds is 7. The first-order chi connectivity index (χ1) is 26.7. The Balaban J connectivity index is 1.19. The first kappa shape index (κ1) is 40.9. The molecule has 3 aromatic rings. The van der Waals surface area contributed by atoms with Gasteiger partial charge in [0.2, 0.25) is 15.9 Å². The summed E-state index contributed by atoms with van der Waals surface area (Å²) >= 11 is 1.23. The Bertz CT molecular complexity index is 2130. The van der Waals surface area contributed by atoms with Crippen LogP contribution in [0.2, 0.25) is 0 Å².